The first-order valence-electron chi connectivity index (χ1n) is 7.89. The molecule has 1 aromatic carbocycles. The molecular formula is C18H17NO6S. The molecular weight excluding hydrogens is 358 g/mol. The van der Waals surface area contributed by atoms with Gasteiger partial charge in [0, 0.05) is 12.0 Å². The number of nitrogens with zero attached hydrogens (tertiary/aromatic N) is 1. The summed E-state index contributed by atoms with van der Waals surface area (Å²) in [6.07, 6.45) is 2.80. The van der Waals surface area contributed by atoms with Crippen LogP contribution in [0.25, 0.3) is 0 Å². The second-order valence-corrected chi connectivity index (χ2v) is 7.72. The molecule has 0 radical (unpaired) electrons. The van der Waals surface area contributed by atoms with Gasteiger partial charge in [-0.2, -0.15) is 0 Å². The van der Waals surface area contributed by atoms with Crippen molar-refractivity contribution in [3.05, 3.63) is 71.5 Å². The maximum absolute atomic E-state index is 12.6. The van der Waals surface area contributed by atoms with Gasteiger partial charge in [-0.15, -0.1) is 0 Å². The minimum absolute atomic E-state index is 0.00394. The number of hydrogen-bond acceptors (Lipinski definition) is 6. The third-order valence-electron chi connectivity index (χ3n) is 3.88. The van der Waals surface area contributed by atoms with Crippen molar-refractivity contribution in [1.29, 1.82) is 0 Å². The average molecular weight is 375 g/mol. The van der Waals surface area contributed by atoms with Crippen LogP contribution in [0.15, 0.2) is 64.6 Å². The van der Waals surface area contributed by atoms with Gasteiger partial charge in [0.05, 0.1) is 18.1 Å². The van der Waals surface area contributed by atoms with Gasteiger partial charge >= 0.3 is 5.97 Å². The van der Waals surface area contributed by atoms with Crippen molar-refractivity contribution in [1.82, 2.24) is 4.90 Å². The molecule has 0 saturated heterocycles. The van der Waals surface area contributed by atoms with Crippen LogP contribution in [0.5, 0.6) is 0 Å². The SMILES string of the molecule is O=C(OCC(=O)N(Cc1ccccc1)[C@H]1C=CS(=O)(=O)C1)c1ccco1. The molecule has 3 rings (SSSR count). The highest BCUT2D eigenvalue weighted by atomic mass is 32.2. The van der Waals surface area contributed by atoms with Gasteiger partial charge in [-0.05, 0) is 23.8 Å². The molecule has 0 saturated carbocycles. The van der Waals surface area contributed by atoms with Crippen molar-refractivity contribution in [3.63, 3.8) is 0 Å². The zero-order chi connectivity index (χ0) is 18.6. The summed E-state index contributed by atoms with van der Waals surface area (Å²) in [6, 6.07) is 11.5. The number of sulfone groups is 1. The summed E-state index contributed by atoms with van der Waals surface area (Å²) in [7, 11) is -3.33. The summed E-state index contributed by atoms with van der Waals surface area (Å²) in [5, 5.41) is 1.11. The van der Waals surface area contributed by atoms with Gasteiger partial charge in [0.15, 0.2) is 16.4 Å². The fourth-order valence-electron chi connectivity index (χ4n) is 2.60. The normalized spacial score (nSPS) is 17.8. The summed E-state index contributed by atoms with van der Waals surface area (Å²) in [4.78, 5) is 25.8. The molecule has 0 fully saturated rings. The Kier molecular flexibility index (Phi) is 5.22. The van der Waals surface area contributed by atoms with Crippen LogP contribution >= 0.6 is 0 Å². The third-order valence-corrected chi connectivity index (χ3v) is 5.25. The predicted molar refractivity (Wildman–Crippen MR) is 92.7 cm³/mol. The highest BCUT2D eigenvalue weighted by molar-refractivity contribution is 7.94. The van der Waals surface area contributed by atoms with Crippen LogP contribution in [0.4, 0.5) is 0 Å². The lowest BCUT2D eigenvalue weighted by molar-refractivity contribution is -0.136. The Labute approximate surface area is 150 Å². The number of esters is 1. The van der Waals surface area contributed by atoms with Gasteiger partial charge in [-0.25, -0.2) is 13.2 Å². The van der Waals surface area contributed by atoms with Crippen LogP contribution in [-0.2, 0) is 25.9 Å². The lowest BCUT2D eigenvalue weighted by Gasteiger charge is -2.27. The molecule has 136 valence electrons. The first-order valence-corrected chi connectivity index (χ1v) is 9.61. The number of rotatable bonds is 6. The van der Waals surface area contributed by atoms with Gasteiger partial charge in [0.1, 0.15) is 0 Å². The van der Waals surface area contributed by atoms with E-state index < -0.39 is 34.4 Å². The van der Waals surface area contributed by atoms with Gasteiger partial charge in [-0.1, -0.05) is 30.3 Å². The Morgan fingerprint density at radius 3 is 2.54 bits per heavy atom. The third kappa shape index (κ3) is 4.40. The molecule has 1 aliphatic heterocycles. The van der Waals surface area contributed by atoms with Crippen molar-refractivity contribution in [3.8, 4) is 0 Å². The minimum atomic E-state index is -3.33. The smallest absolute Gasteiger partial charge is 0.374 e. The second kappa shape index (κ2) is 7.57. The molecule has 2 heterocycles. The Morgan fingerprint density at radius 1 is 1.15 bits per heavy atom. The van der Waals surface area contributed by atoms with Gasteiger partial charge in [-0.3, -0.25) is 4.79 Å². The number of benzene rings is 1. The predicted octanol–water partition coefficient (Wildman–Crippen LogP) is 1.78. The van der Waals surface area contributed by atoms with Crippen LogP contribution < -0.4 is 0 Å². The lowest BCUT2D eigenvalue weighted by Crippen LogP contribution is -2.42. The largest absolute Gasteiger partial charge is 0.457 e. The molecule has 1 aliphatic rings. The Balaban J connectivity index is 1.71. The fourth-order valence-corrected chi connectivity index (χ4v) is 3.90. The van der Waals surface area contributed by atoms with E-state index in [1.165, 1.54) is 29.4 Å². The number of hydrogen-bond donors (Lipinski definition) is 0. The van der Waals surface area contributed by atoms with Crippen molar-refractivity contribution in [2.45, 2.75) is 12.6 Å². The van der Waals surface area contributed by atoms with E-state index in [0.29, 0.717) is 0 Å². The van der Waals surface area contributed by atoms with E-state index in [1.54, 1.807) is 0 Å². The lowest BCUT2D eigenvalue weighted by atomic mass is 10.2. The number of carbonyl (C=O) groups is 2. The molecule has 0 unspecified atom stereocenters. The highest BCUT2D eigenvalue weighted by Crippen LogP contribution is 2.18. The number of amides is 1. The van der Waals surface area contributed by atoms with E-state index >= 15 is 0 Å². The Bertz CT molecular complexity index is 902. The second-order valence-electron chi connectivity index (χ2n) is 5.79. The molecule has 2 aromatic rings. The summed E-state index contributed by atoms with van der Waals surface area (Å²) in [6.45, 7) is -0.292. The van der Waals surface area contributed by atoms with Gasteiger partial charge < -0.3 is 14.1 Å². The molecule has 0 aliphatic carbocycles. The molecule has 0 bridgehead atoms. The number of carbonyl (C=O) groups excluding carboxylic acids is 2. The van der Waals surface area contributed by atoms with E-state index in [-0.39, 0.29) is 18.1 Å². The molecule has 0 spiro atoms. The summed E-state index contributed by atoms with van der Waals surface area (Å²) in [5.74, 6) is -1.42. The molecule has 7 nitrogen and oxygen atoms in total. The summed E-state index contributed by atoms with van der Waals surface area (Å²) in [5.41, 5.74) is 0.843. The Hall–Kier alpha value is -2.87. The highest BCUT2D eigenvalue weighted by Gasteiger charge is 2.31. The van der Waals surface area contributed by atoms with Crippen molar-refractivity contribution >= 4 is 21.7 Å². The maximum Gasteiger partial charge on any atom is 0.374 e. The Morgan fingerprint density at radius 2 is 1.92 bits per heavy atom. The van der Waals surface area contributed by atoms with Crippen LogP contribution in [-0.4, -0.2) is 43.6 Å². The first kappa shape index (κ1) is 17.9. The molecule has 1 amide bonds. The fraction of sp³-hybridized carbons (Fsp3) is 0.222. The van der Waals surface area contributed by atoms with E-state index in [1.807, 2.05) is 30.3 Å². The van der Waals surface area contributed by atoms with E-state index in [2.05, 4.69) is 0 Å². The quantitative estimate of drug-likeness (QED) is 0.715. The van der Waals surface area contributed by atoms with Crippen LogP contribution in [0.2, 0.25) is 0 Å². The monoisotopic (exact) mass is 375 g/mol. The number of ether oxygens (including phenoxy) is 1. The molecule has 1 atom stereocenters. The summed E-state index contributed by atoms with van der Waals surface area (Å²) >= 11 is 0. The van der Waals surface area contributed by atoms with Crippen LogP contribution in [0, 0.1) is 0 Å². The zero-order valence-electron chi connectivity index (χ0n) is 13.8. The van der Waals surface area contributed by atoms with Crippen LogP contribution in [0.1, 0.15) is 16.1 Å². The minimum Gasteiger partial charge on any atom is -0.457 e. The molecule has 1 aromatic heterocycles. The van der Waals surface area contributed by atoms with E-state index in [9.17, 15) is 18.0 Å². The summed E-state index contributed by atoms with van der Waals surface area (Å²) < 4.78 is 33.3. The number of furan rings is 1. The van der Waals surface area contributed by atoms with Gasteiger partial charge in [0.2, 0.25) is 5.76 Å². The van der Waals surface area contributed by atoms with Crippen molar-refractivity contribution in [2.75, 3.05) is 12.4 Å². The molecule has 26 heavy (non-hydrogen) atoms. The standard InChI is InChI=1S/C18H17NO6S/c20-17(12-25-18(21)16-7-4-9-24-16)19(11-14-5-2-1-3-6-14)15-8-10-26(22,23)13-15/h1-10,15H,11-13H2/t15-/m0/s1. The average Bonchev–Trinajstić information content (AvgIpc) is 3.28. The van der Waals surface area contributed by atoms with Gasteiger partial charge in [0.25, 0.3) is 5.91 Å². The van der Waals surface area contributed by atoms with Crippen LogP contribution in [0.3, 0.4) is 0 Å². The van der Waals surface area contributed by atoms with Crippen molar-refractivity contribution < 1.29 is 27.2 Å². The molecule has 0 N–H and O–H groups in total. The maximum atomic E-state index is 12.6. The first-order chi connectivity index (χ1) is 12.4. The van der Waals surface area contributed by atoms with E-state index in [0.717, 1.165) is 11.0 Å². The van der Waals surface area contributed by atoms with Crippen molar-refractivity contribution in [2.24, 2.45) is 0 Å². The molecule has 8 heteroatoms. The zero-order valence-corrected chi connectivity index (χ0v) is 14.6. The topological polar surface area (TPSA) is 93.9 Å². The van der Waals surface area contributed by atoms with E-state index in [4.69, 9.17) is 9.15 Å².